The van der Waals surface area contributed by atoms with Crippen LogP contribution < -0.4 is 0 Å². The number of pyridine rings is 1. The van der Waals surface area contributed by atoms with Crippen LogP contribution in [0.5, 0.6) is 5.75 Å². The van der Waals surface area contributed by atoms with E-state index in [1.165, 1.54) is 12.1 Å². The fourth-order valence-corrected chi connectivity index (χ4v) is 4.52. The molecule has 0 saturated carbocycles. The summed E-state index contributed by atoms with van der Waals surface area (Å²) in [6, 6.07) is 14.9. The standard InChI is InChI=1S/C26H22ClFN4O2/c1-16-10-19(28)12-20(11-16)32-15-22(26(30-32)18-4-8-24(27)29-13-18)23-7-9-25(34)31(23)14-17-2-5-21(33)6-3-17/h2-6,8,10-13,15,23,33H,7,9,14H2,1H3/t23-/m1/s1. The van der Waals surface area contributed by atoms with Crippen molar-refractivity contribution in [3.63, 3.8) is 0 Å². The van der Waals surface area contributed by atoms with Gasteiger partial charge >= 0.3 is 0 Å². The summed E-state index contributed by atoms with van der Waals surface area (Å²) in [5.74, 6) is -0.114. The van der Waals surface area contributed by atoms with Crippen LogP contribution in [0.25, 0.3) is 16.9 Å². The van der Waals surface area contributed by atoms with Gasteiger partial charge in [-0.3, -0.25) is 4.79 Å². The summed E-state index contributed by atoms with van der Waals surface area (Å²) in [4.78, 5) is 18.9. The number of likely N-dealkylation sites (tertiary alicyclic amines) is 1. The molecule has 34 heavy (non-hydrogen) atoms. The maximum absolute atomic E-state index is 14.1. The monoisotopic (exact) mass is 476 g/mol. The van der Waals surface area contributed by atoms with Gasteiger partial charge in [-0.15, -0.1) is 0 Å². The largest absolute Gasteiger partial charge is 0.508 e. The second kappa shape index (κ2) is 8.91. The van der Waals surface area contributed by atoms with Crippen LogP contribution in [-0.4, -0.2) is 30.7 Å². The first-order valence-electron chi connectivity index (χ1n) is 10.9. The molecule has 1 amide bonds. The van der Waals surface area contributed by atoms with Gasteiger partial charge in [0, 0.05) is 36.5 Å². The van der Waals surface area contributed by atoms with Gasteiger partial charge in [-0.05, 0) is 66.9 Å². The molecule has 1 aliphatic heterocycles. The van der Waals surface area contributed by atoms with Crippen LogP contribution in [0.2, 0.25) is 5.15 Å². The number of aromatic hydroxyl groups is 1. The summed E-state index contributed by atoms with van der Waals surface area (Å²) in [5, 5.41) is 14.7. The smallest absolute Gasteiger partial charge is 0.223 e. The molecule has 0 spiro atoms. The van der Waals surface area contributed by atoms with Crippen molar-refractivity contribution < 1.29 is 14.3 Å². The Bertz CT molecular complexity index is 1330. The van der Waals surface area contributed by atoms with E-state index < -0.39 is 0 Å². The molecule has 8 heteroatoms. The number of phenolic OH excluding ortho intramolecular Hbond substituents is 1. The first-order valence-corrected chi connectivity index (χ1v) is 11.3. The van der Waals surface area contributed by atoms with Gasteiger partial charge in [0.25, 0.3) is 0 Å². The Morgan fingerprint density at radius 2 is 1.94 bits per heavy atom. The summed E-state index contributed by atoms with van der Waals surface area (Å²) in [6.45, 7) is 2.24. The van der Waals surface area contributed by atoms with Crippen LogP contribution in [0, 0.1) is 12.7 Å². The van der Waals surface area contributed by atoms with Crippen LogP contribution in [0.15, 0.2) is 67.0 Å². The molecule has 4 aromatic rings. The number of aryl methyl sites for hydroxylation is 1. The normalized spacial score (nSPS) is 15.8. The molecule has 0 unspecified atom stereocenters. The summed E-state index contributed by atoms with van der Waals surface area (Å²) in [5.41, 5.74) is 4.58. The summed E-state index contributed by atoms with van der Waals surface area (Å²) in [7, 11) is 0. The molecule has 5 rings (SSSR count). The quantitative estimate of drug-likeness (QED) is 0.380. The van der Waals surface area contributed by atoms with Gasteiger partial charge in [-0.1, -0.05) is 23.7 Å². The van der Waals surface area contributed by atoms with Gasteiger partial charge in [0.1, 0.15) is 16.7 Å². The van der Waals surface area contributed by atoms with Crippen LogP contribution in [0.3, 0.4) is 0 Å². The third-order valence-electron chi connectivity index (χ3n) is 6.01. The highest BCUT2D eigenvalue weighted by atomic mass is 35.5. The van der Waals surface area contributed by atoms with Gasteiger partial charge in [0.2, 0.25) is 5.91 Å². The zero-order valence-corrected chi connectivity index (χ0v) is 19.2. The number of nitrogens with zero attached hydrogens (tertiary/aromatic N) is 4. The number of carbonyl (C=O) groups excluding carboxylic acids is 1. The Kier molecular flexibility index (Phi) is 5.79. The lowest BCUT2D eigenvalue weighted by Crippen LogP contribution is -2.27. The van der Waals surface area contributed by atoms with Crippen molar-refractivity contribution in [3.8, 4) is 22.7 Å². The topological polar surface area (TPSA) is 71.2 Å². The van der Waals surface area contributed by atoms with E-state index >= 15 is 0 Å². The average molecular weight is 477 g/mol. The Morgan fingerprint density at radius 3 is 2.65 bits per heavy atom. The van der Waals surface area contributed by atoms with E-state index in [0.29, 0.717) is 35.9 Å². The fraction of sp³-hybridized carbons (Fsp3) is 0.192. The lowest BCUT2D eigenvalue weighted by atomic mass is 10.0. The number of halogens is 2. The maximum atomic E-state index is 14.1. The average Bonchev–Trinajstić information content (AvgIpc) is 3.39. The summed E-state index contributed by atoms with van der Waals surface area (Å²) < 4.78 is 15.8. The first-order chi connectivity index (χ1) is 16.4. The van der Waals surface area contributed by atoms with E-state index in [1.807, 2.05) is 30.2 Å². The molecule has 2 aromatic heterocycles. The zero-order valence-electron chi connectivity index (χ0n) is 18.4. The van der Waals surface area contributed by atoms with Crippen molar-refractivity contribution in [2.24, 2.45) is 0 Å². The Balaban J connectivity index is 1.59. The lowest BCUT2D eigenvalue weighted by molar-refractivity contribution is -0.129. The number of hydrogen-bond acceptors (Lipinski definition) is 4. The predicted octanol–water partition coefficient (Wildman–Crippen LogP) is 5.60. The highest BCUT2D eigenvalue weighted by Crippen LogP contribution is 2.39. The molecule has 0 aliphatic carbocycles. The molecule has 0 radical (unpaired) electrons. The lowest BCUT2D eigenvalue weighted by Gasteiger charge is -2.25. The second-order valence-corrected chi connectivity index (χ2v) is 8.86. The van der Waals surface area contributed by atoms with Crippen molar-refractivity contribution in [1.29, 1.82) is 0 Å². The van der Waals surface area contributed by atoms with E-state index in [2.05, 4.69) is 4.98 Å². The van der Waals surface area contributed by atoms with E-state index in [-0.39, 0.29) is 23.5 Å². The highest BCUT2D eigenvalue weighted by molar-refractivity contribution is 6.29. The fourth-order valence-electron chi connectivity index (χ4n) is 4.41. The molecule has 2 aromatic carbocycles. The van der Waals surface area contributed by atoms with Gasteiger partial charge in [0.05, 0.1) is 17.4 Å². The number of amides is 1. The highest BCUT2D eigenvalue weighted by Gasteiger charge is 2.35. The van der Waals surface area contributed by atoms with Crippen molar-refractivity contribution in [2.75, 3.05) is 0 Å². The van der Waals surface area contributed by atoms with E-state index in [4.69, 9.17) is 16.7 Å². The summed E-state index contributed by atoms with van der Waals surface area (Å²) in [6.07, 6.45) is 4.58. The Morgan fingerprint density at radius 1 is 1.15 bits per heavy atom. The molecule has 172 valence electrons. The van der Waals surface area contributed by atoms with Crippen molar-refractivity contribution in [1.82, 2.24) is 19.7 Å². The second-order valence-electron chi connectivity index (χ2n) is 8.48. The van der Waals surface area contributed by atoms with Crippen LogP contribution in [-0.2, 0) is 11.3 Å². The number of phenols is 1. The third-order valence-corrected chi connectivity index (χ3v) is 6.23. The van der Waals surface area contributed by atoms with Gasteiger partial charge in [0.15, 0.2) is 0 Å². The molecule has 6 nitrogen and oxygen atoms in total. The van der Waals surface area contributed by atoms with Gasteiger partial charge in [-0.2, -0.15) is 5.10 Å². The molecule has 0 bridgehead atoms. The van der Waals surface area contributed by atoms with Crippen molar-refractivity contribution in [2.45, 2.75) is 32.4 Å². The maximum Gasteiger partial charge on any atom is 0.223 e. The van der Waals surface area contributed by atoms with E-state index in [9.17, 15) is 14.3 Å². The van der Waals surface area contributed by atoms with Crippen LogP contribution in [0.1, 0.15) is 35.6 Å². The van der Waals surface area contributed by atoms with Crippen molar-refractivity contribution in [3.05, 3.63) is 94.7 Å². The first kappa shape index (κ1) is 22.1. The Hall–Kier alpha value is -3.71. The molecule has 1 aliphatic rings. The Labute approximate surface area is 201 Å². The summed E-state index contributed by atoms with van der Waals surface area (Å²) >= 11 is 6.00. The minimum atomic E-state index is -0.341. The SMILES string of the molecule is Cc1cc(F)cc(-n2cc([C@H]3CCC(=O)N3Cc3ccc(O)cc3)c(-c3ccc(Cl)nc3)n2)c1. The van der Waals surface area contributed by atoms with Gasteiger partial charge in [-0.25, -0.2) is 14.1 Å². The van der Waals surface area contributed by atoms with Crippen molar-refractivity contribution >= 4 is 17.5 Å². The molecule has 1 fully saturated rings. The van der Waals surface area contributed by atoms with E-state index in [0.717, 1.165) is 22.3 Å². The van der Waals surface area contributed by atoms with E-state index in [1.54, 1.807) is 41.2 Å². The number of carbonyl (C=O) groups is 1. The molecular formula is C26H22ClFN4O2. The van der Waals surface area contributed by atoms with Gasteiger partial charge < -0.3 is 10.0 Å². The number of aromatic nitrogens is 3. The number of rotatable bonds is 5. The predicted molar refractivity (Wildman–Crippen MR) is 127 cm³/mol. The molecule has 3 heterocycles. The third kappa shape index (κ3) is 4.39. The number of benzene rings is 2. The molecule has 1 saturated heterocycles. The molecule has 1 N–H and O–H groups in total. The molecular weight excluding hydrogens is 455 g/mol. The number of hydrogen-bond donors (Lipinski definition) is 1. The zero-order chi connectivity index (χ0) is 23.8. The van der Waals surface area contributed by atoms with Crippen LogP contribution >= 0.6 is 11.6 Å². The van der Waals surface area contributed by atoms with Crippen LogP contribution in [0.4, 0.5) is 4.39 Å². The molecule has 1 atom stereocenters. The minimum Gasteiger partial charge on any atom is -0.508 e. The minimum absolute atomic E-state index is 0.0487.